The van der Waals surface area contributed by atoms with Crippen molar-refractivity contribution in [3.63, 3.8) is 0 Å². The SMILES string of the molecule is O=C(Cl)Oc1ccc2c(Cl)nncc2c1. The molecule has 0 bridgehead atoms. The van der Waals surface area contributed by atoms with Gasteiger partial charge in [0.25, 0.3) is 0 Å². The molecule has 0 radical (unpaired) electrons. The summed E-state index contributed by atoms with van der Waals surface area (Å²) in [5.41, 5.74) is -0.887. The van der Waals surface area contributed by atoms with Crippen LogP contribution in [0.25, 0.3) is 10.8 Å². The fraction of sp³-hybridized carbons (Fsp3) is 0. The van der Waals surface area contributed by atoms with Crippen LogP contribution in [0.4, 0.5) is 4.79 Å². The summed E-state index contributed by atoms with van der Waals surface area (Å²) in [5, 5.41) is 9.12. The predicted octanol–water partition coefficient (Wildman–Crippen LogP) is 3.02. The fourth-order valence-corrected chi connectivity index (χ4v) is 1.49. The second-order valence-electron chi connectivity index (χ2n) is 2.72. The highest BCUT2D eigenvalue weighted by atomic mass is 35.5. The molecule has 2 rings (SSSR count). The number of benzene rings is 1. The van der Waals surface area contributed by atoms with E-state index in [0.717, 1.165) is 10.8 Å². The van der Waals surface area contributed by atoms with E-state index in [1.807, 2.05) is 0 Å². The minimum Gasteiger partial charge on any atom is -0.414 e. The van der Waals surface area contributed by atoms with Gasteiger partial charge in [0.2, 0.25) is 0 Å². The third kappa shape index (κ3) is 2.16. The Morgan fingerprint density at radius 1 is 1.40 bits per heavy atom. The molecule has 1 aromatic heterocycles. The molecule has 0 aliphatic heterocycles. The van der Waals surface area contributed by atoms with E-state index < -0.39 is 5.43 Å². The molecule has 0 amide bonds. The van der Waals surface area contributed by atoms with Gasteiger partial charge in [0.15, 0.2) is 5.15 Å². The van der Waals surface area contributed by atoms with Gasteiger partial charge in [-0.2, -0.15) is 5.10 Å². The van der Waals surface area contributed by atoms with Crippen molar-refractivity contribution in [2.45, 2.75) is 0 Å². The summed E-state index contributed by atoms with van der Waals surface area (Å²) in [6, 6.07) is 4.87. The standard InChI is InChI=1S/C9H4Cl2N2O2/c10-8-7-2-1-6(15-9(11)14)3-5(7)4-12-13-8/h1-4H. The van der Waals surface area contributed by atoms with E-state index in [4.69, 9.17) is 27.9 Å². The van der Waals surface area contributed by atoms with Gasteiger partial charge in [0.05, 0.1) is 6.20 Å². The minimum absolute atomic E-state index is 0.302. The number of hydrogen-bond acceptors (Lipinski definition) is 4. The van der Waals surface area contributed by atoms with Crippen molar-refractivity contribution < 1.29 is 9.53 Å². The van der Waals surface area contributed by atoms with Gasteiger partial charge in [-0.05, 0) is 18.2 Å². The Kier molecular flexibility index (Phi) is 2.70. The molecule has 1 heterocycles. The van der Waals surface area contributed by atoms with E-state index in [9.17, 15) is 4.79 Å². The normalized spacial score (nSPS) is 10.3. The number of carbonyl (C=O) groups excluding carboxylic acids is 1. The lowest BCUT2D eigenvalue weighted by Gasteiger charge is -2.02. The van der Waals surface area contributed by atoms with Gasteiger partial charge in [0.1, 0.15) is 5.75 Å². The number of rotatable bonds is 1. The maximum atomic E-state index is 10.5. The Labute approximate surface area is 94.8 Å². The second-order valence-corrected chi connectivity index (χ2v) is 3.39. The van der Waals surface area contributed by atoms with E-state index in [2.05, 4.69) is 10.2 Å². The van der Waals surface area contributed by atoms with Gasteiger partial charge < -0.3 is 4.74 Å². The zero-order valence-corrected chi connectivity index (χ0v) is 8.79. The zero-order chi connectivity index (χ0) is 10.8. The molecule has 4 nitrogen and oxygen atoms in total. The molecule has 0 fully saturated rings. The molecule has 0 aliphatic carbocycles. The largest absolute Gasteiger partial charge is 0.414 e. The zero-order valence-electron chi connectivity index (χ0n) is 7.28. The molecule has 0 atom stereocenters. The van der Waals surface area contributed by atoms with Crippen molar-refractivity contribution in [2.24, 2.45) is 0 Å². The Hall–Kier alpha value is -1.39. The van der Waals surface area contributed by atoms with Gasteiger partial charge in [-0.15, -0.1) is 5.10 Å². The fourth-order valence-electron chi connectivity index (χ4n) is 1.19. The first kappa shape index (κ1) is 10.1. The summed E-state index contributed by atoms with van der Waals surface area (Å²) in [7, 11) is 0. The van der Waals surface area contributed by atoms with Crippen molar-refractivity contribution in [3.05, 3.63) is 29.5 Å². The number of hydrogen-bond donors (Lipinski definition) is 0. The van der Waals surface area contributed by atoms with Crippen molar-refractivity contribution in [2.75, 3.05) is 0 Å². The van der Waals surface area contributed by atoms with Crippen molar-refractivity contribution in [1.29, 1.82) is 0 Å². The number of fused-ring (bicyclic) bond motifs is 1. The first-order chi connectivity index (χ1) is 7.16. The maximum Gasteiger partial charge on any atom is 0.409 e. The number of nitrogens with zero attached hydrogens (tertiary/aromatic N) is 2. The lowest BCUT2D eigenvalue weighted by atomic mass is 10.2. The number of aromatic nitrogens is 2. The lowest BCUT2D eigenvalue weighted by molar-refractivity contribution is 0.225. The van der Waals surface area contributed by atoms with E-state index in [1.165, 1.54) is 6.20 Å². The highest BCUT2D eigenvalue weighted by Crippen LogP contribution is 2.24. The van der Waals surface area contributed by atoms with E-state index in [-0.39, 0.29) is 0 Å². The quantitative estimate of drug-likeness (QED) is 0.722. The average molecular weight is 243 g/mol. The van der Waals surface area contributed by atoms with Gasteiger partial charge in [-0.3, -0.25) is 0 Å². The van der Waals surface area contributed by atoms with E-state index in [0.29, 0.717) is 10.9 Å². The van der Waals surface area contributed by atoms with Crippen LogP contribution in [0.2, 0.25) is 5.15 Å². The topological polar surface area (TPSA) is 52.1 Å². The van der Waals surface area contributed by atoms with Crippen LogP contribution in [-0.4, -0.2) is 15.6 Å². The van der Waals surface area contributed by atoms with Crippen LogP contribution < -0.4 is 4.74 Å². The van der Waals surface area contributed by atoms with Crippen LogP contribution in [0, 0.1) is 0 Å². The molecule has 2 aromatic rings. The molecule has 6 heteroatoms. The monoisotopic (exact) mass is 242 g/mol. The Bertz CT molecular complexity index is 531. The van der Waals surface area contributed by atoms with Crippen LogP contribution in [0.1, 0.15) is 0 Å². The predicted molar refractivity (Wildman–Crippen MR) is 56.4 cm³/mol. The molecule has 0 aliphatic rings. The van der Waals surface area contributed by atoms with Gasteiger partial charge in [-0.1, -0.05) is 11.6 Å². The Morgan fingerprint density at radius 2 is 2.20 bits per heavy atom. The molecule has 0 unspecified atom stereocenters. The van der Waals surface area contributed by atoms with Gasteiger partial charge in [-0.25, -0.2) is 4.79 Å². The first-order valence-electron chi connectivity index (χ1n) is 3.95. The molecule has 0 saturated heterocycles. The van der Waals surface area contributed by atoms with E-state index in [1.54, 1.807) is 18.2 Å². The molecule has 0 spiro atoms. The van der Waals surface area contributed by atoms with Gasteiger partial charge in [0, 0.05) is 22.4 Å². The van der Waals surface area contributed by atoms with Crippen LogP contribution in [0.5, 0.6) is 5.75 Å². The molecular formula is C9H4Cl2N2O2. The van der Waals surface area contributed by atoms with Crippen LogP contribution >= 0.6 is 23.2 Å². The Balaban J connectivity index is 2.52. The summed E-state index contributed by atoms with van der Waals surface area (Å²) >= 11 is 10.9. The number of ether oxygens (including phenoxy) is 1. The third-order valence-electron chi connectivity index (χ3n) is 1.79. The smallest absolute Gasteiger partial charge is 0.409 e. The molecule has 0 saturated carbocycles. The number of halogens is 2. The van der Waals surface area contributed by atoms with Crippen LogP contribution in [-0.2, 0) is 0 Å². The molecular weight excluding hydrogens is 239 g/mol. The van der Waals surface area contributed by atoms with Crippen LogP contribution in [0.3, 0.4) is 0 Å². The summed E-state index contributed by atoms with van der Waals surface area (Å²) in [5.74, 6) is 0.339. The van der Waals surface area contributed by atoms with Gasteiger partial charge >= 0.3 is 5.43 Å². The third-order valence-corrected chi connectivity index (χ3v) is 2.14. The lowest BCUT2D eigenvalue weighted by Crippen LogP contribution is -1.95. The first-order valence-corrected chi connectivity index (χ1v) is 4.70. The molecule has 15 heavy (non-hydrogen) atoms. The average Bonchev–Trinajstić information content (AvgIpc) is 2.17. The highest BCUT2D eigenvalue weighted by molar-refractivity contribution is 6.61. The van der Waals surface area contributed by atoms with Crippen molar-refractivity contribution >= 4 is 39.4 Å². The van der Waals surface area contributed by atoms with E-state index >= 15 is 0 Å². The van der Waals surface area contributed by atoms with Crippen molar-refractivity contribution in [3.8, 4) is 5.75 Å². The molecule has 1 aromatic carbocycles. The van der Waals surface area contributed by atoms with Crippen LogP contribution in [0.15, 0.2) is 24.4 Å². The molecule has 76 valence electrons. The number of carbonyl (C=O) groups is 1. The van der Waals surface area contributed by atoms with Crippen molar-refractivity contribution in [1.82, 2.24) is 10.2 Å². The molecule has 0 N–H and O–H groups in total. The summed E-state index contributed by atoms with van der Waals surface area (Å²) in [6.45, 7) is 0. The maximum absolute atomic E-state index is 10.5. The highest BCUT2D eigenvalue weighted by Gasteiger charge is 2.04. The Morgan fingerprint density at radius 3 is 2.93 bits per heavy atom. The summed E-state index contributed by atoms with van der Waals surface area (Å²) in [6.07, 6.45) is 1.52. The summed E-state index contributed by atoms with van der Waals surface area (Å²) < 4.78 is 4.70. The summed E-state index contributed by atoms with van der Waals surface area (Å²) in [4.78, 5) is 10.5. The second kappa shape index (κ2) is 4.00. The minimum atomic E-state index is -0.887.